The van der Waals surface area contributed by atoms with E-state index in [9.17, 15) is 4.79 Å². The van der Waals surface area contributed by atoms with E-state index in [1.165, 1.54) is 0 Å². The van der Waals surface area contributed by atoms with Gasteiger partial charge in [0.2, 0.25) is 5.91 Å². The van der Waals surface area contributed by atoms with Crippen LogP contribution in [0.25, 0.3) is 11.4 Å². The standard InChI is InChI=1S/C12H11BrClN3O/c1-7(11(15)18)17-3-2-16-12(17)8-4-9(13)6-10(14)5-8/h2-7H,1H3,(H2,15,18). The summed E-state index contributed by atoms with van der Waals surface area (Å²) >= 11 is 9.38. The molecule has 0 fully saturated rings. The van der Waals surface area contributed by atoms with E-state index in [2.05, 4.69) is 20.9 Å². The van der Waals surface area contributed by atoms with Crippen molar-refractivity contribution in [2.24, 2.45) is 5.73 Å². The third-order valence-electron chi connectivity index (χ3n) is 2.62. The van der Waals surface area contributed by atoms with Crippen LogP contribution in [0, 0.1) is 0 Å². The predicted octanol–water partition coefficient (Wildman–Crippen LogP) is 3.01. The van der Waals surface area contributed by atoms with Crippen molar-refractivity contribution < 1.29 is 4.79 Å². The lowest BCUT2D eigenvalue weighted by Crippen LogP contribution is -2.24. The second kappa shape index (κ2) is 5.12. The zero-order chi connectivity index (χ0) is 13.3. The zero-order valence-electron chi connectivity index (χ0n) is 9.60. The minimum Gasteiger partial charge on any atom is -0.368 e. The second-order valence-corrected chi connectivity index (χ2v) is 5.25. The van der Waals surface area contributed by atoms with Crippen molar-refractivity contribution in [2.75, 3.05) is 0 Å². The van der Waals surface area contributed by atoms with Gasteiger partial charge in [0.1, 0.15) is 11.9 Å². The smallest absolute Gasteiger partial charge is 0.240 e. The third-order valence-corrected chi connectivity index (χ3v) is 3.29. The Kier molecular flexibility index (Phi) is 3.73. The first-order valence-corrected chi connectivity index (χ1v) is 6.44. The largest absolute Gasteiger partial charge is 0.368 e. The maximum absolute atomic E-state index is 11.3. The SMILES string of the molecule is CC(C(N)=O)n1ccnc1-c1cc(Cl)cc(Br)c1. The van der Waals surface area contributed by atoms with Crippen LogP contribution in [0.5, 0.6) is 0 Å². The van der Waals surface area contributed by atoms with Crippen LogP contribution in [0.3, 0.4) is 0 Å². The van der Waals surface area contributed by atoms with Gasteiger partial charge in [0.15, 0.2) is 0 Å². The summed E-state index contributed by atoms with van der Waals surface area (Å²) in [7, 11) is 0. The predicted molar refractivity (Wildman–Crippen MR) is 74.3 cm³/mol. The molecule has 0 radical (unpaired) electrons. The molecule has 2 N–H and O–H groups in total. The first kappa shape index (κ1) is 13.1. The zero-order valence-corrected chi connectivity index (χ0v) is 11.9. The van der Waals surface area contributed by atoms with E-state index < -0.39 is 11.9 Å². The van der Waals surface area contributed by atoms with Gasteiger partial charge in [0.05, 0.1) is 0 Å². The van der Waals surface area contributed by atoms with E-state index in [4.69, 9.17) is 17.3 Å². The summed E-state index contributed by atoms with van der Waals surface area (Å²) in [6.07, 6.45) is 3.35. The van der Waals surface area contributed by atoms with Crippen molar-refractivity contribution in [1.82, 2.24) is 9.55 Å². The van der Waals surface area contributed by atoms with Crippen molar-refractivity contribution in [1.29, 1.82) is 0 Å². The third kappa shape index (κ3) is 2.57. The number of nitrogens with zero attached hydrogens (tertiary/aromatic N) is 2. The minimum atomic E-state index is -0.458. The molecule has 1 aromatic carbocycles. The fourth-order valence-corrected chi connectivity index (χ4v) is 2.53. The lowest BCUT2D eigenvalue weighted by atomic mass is 10.2. The maximum Gasteiger partial charge on any atom is 0.240 e. The summed E-state index contributed by atoms with van der Waals surface area (Å²) in [5.74, 6) is 0.250. The summed E-state index contributed by atoms with van der Waals surface area (Å²) in [6, 6.07) is 5.01. The van der Waals surface area contributed by atoms with Crippen molar-refractivity contribution in [3.8, 4) is 11.4 Å². The summed E-state index contributed by atoms with van der Waals surface area (Å²) < 4.78 is 2.58. The van der Waals surface area contributed by atoms with Crippen LogP contribution >= 0.6 is 27.5 Å². The van der Waals surface area contributed by atoms with E-state index in [1.54, 1.807) is 36.0 Å². The van der Waals surface area contributed by atoms with Gasteiger partial charge in [0.25, 0.3) is 0 Å². The normalized spacial score (nSPS) is 12.4. The highest BCUT2D eigenvalue weighted by Crippen LogP contribution is 2.27. The van der Waals surface area contributed by atoms with E-state index in [-0.39, 0.29) is 0 Å². The molecule has 2 aromatic rings. The fraction of sp³-hybridized carbons (Fsp3) is 0.167. The average molecular weight is 329 g/mol. The molecule has 94 valence electrons. The highest BCUT2D eigenvalue weighted by atomic mass is 79.9. The highest BCUT2D eigenvalue weighted by molar-refractivity contribution is 9.10. The average Bonchev–Trinajstić information content (AvgIpc) is 2.75. The van der Waals surface area contributed by atoms with Crippen LogP contribution in [-0.2, 0) is 4.79 Å². The Bertz CT molecular complexity index is 577. The molecule has 1 unspecified atom stereocenters. The van der Waals surface area contributed by atoms with Crippen molar-refractivity contribution in [2.45, 2.75) is 13.0 Å². The minimum absolute atomic E-state index is 0.407. The molecule has 0 saturated carbocycles. The number of benzene rings is 1. The molecular formula is C12H11BrClN3O. The van der Waals surface area contributed by atoms with Gasteiger partial charge in [-0.3, -0.25) is 4.79 Å². The van der Waals surface area contributed by atoms with Gasteiger partial charge in [-0.15, -0.1) is 0 Å². The molecule has 1 atom stereocenters. The first-order valence-electron chi connectivity index (χ1n) is 5.27. The summed E-state index contributed by atoms with van der Waals surface area (Å²) in [6.45, 7) is 1.73. The second-order valence-electron chi connectivity index (χ2n) is 3.89. The molecule has 6 heteroatoms. The molecule has 1 heterocycles. The molecule has 18 heavy (non-hydrogen) atoms. The number of primary amides is 1. The lowest BCUT2D eigenvalue weighted by Gasteiger charge is -2.13. The molecule has 2 rings (SSSR count). The highest BCUT2D eigenvalue weighted by Gasteiger charge is 2.16. The van der Waals surface area contributed by atoms with Crippen LogP contribution in [0.15, 0.2) is 35.1 Å². The molecule has 0 aliphatic carbocycles. The number of amides is 1. The number of rotatable bonds is 3. The van der Waals surface area contributed by atoms with Crippen molar-refractivity contribution in [3.05, 3.63) is 40.1 Å². The maximum atomic E-state index is 11.3. The molecule has 0 bridgehead atoms. The van der Waals surface area contributed by atoms with E-state index in [0.717, 1.165) is 10.0 Å². The Balaban J connectivity index is 2.51. The molecule has 1 amide bonds. The molecule has 0 aliphatic heterocycles. The molecule has 0 saturated heterocycles. The summed E-state index contributed by atoms with van der Waals surface area (Å²) in [5.41, 5.74) is 6.14. The number of carbonyl (C=O) groups excluding carboxylic acids is 1. The number of hydrogen-bond acceptors (Lipinski definition) is 2. The number of imidazole rings is 1. The van der Waals surface area contributed by atoms with Crippen LogP contribution < -0.4 is 5.73 Å². The van der Waals surface area contributed by atoms with Crippen LogP contribution in [0.2, 0.25) is 5.02 Å². The van der Waals surface area contributed by atoms with Gasteiger partial charge in [-0.1, -0.05) is 27.5 Å². The Morgan fingerprint density at radius 3 is 2.83 bits per heavy atom. The van der Waals surface area contributed by atoms with Gasteiger partial charge >= 0.3 is 0 Å². The van der Waals surface area contributed by atoms with Gasteiger partial charge in [-0.05, 0) is 25.1 Å². The molecule has 1 aromatic heterocycles. The number of aromatic nitrogens is 2. The number of nitrogens with two attached hydrogens (primary N) is 1. The number of hydrogen-bond donors (Lipinski definition) is 1. The topological polar surface area (TPSA) is 60.9 Å². The summed E-state index contributed by atoms with van der Waals surface area (Å²) in [5, 5.41) is 0.598. The van der Waals surface area contributed by atoms with Crippen molar-refractivity contribution >= 4 is 33.4 Å². The Morgan fingerprint density at radius 2 is 2.22 bits per heavy atom. The number of halogens is 2. The van der Waals surface area contributed by atoms with Crippen LogP contribution in [0.1, 0.15) is 13.0 Å². The molecule has 4 nitrogen and oxygen atoms in total. The van der Waals surface area contributed by atoms with Crippen LogP contribution in [-0.4, -0.2) is 15.5 Å². The van der Waals surface area contributed by atoms with Crippen molar-refractivity contribution in [3.63, 3.8) is 0 Å². The van der Waals surface area contributed by atoms with Gasteiger partial charge in [-0.25, -0.2) is 4.98 Å². The Labute approximate surface area is 118 Å². The first-order chi connectivity index (χ1) is 8.49. The van der Waals surface area contributed by atoms with Gasteiger partial charge in [-0.2, -0.15) is 0 Å². The quantitative estimate of drug-likeness (QED) is 0.941. The molecular weight excluding hydrogens is 318 g/mol. The number of carbonyl (C=O) groups is 1. The van der Waals surface area contributed by atoms with E-state index >= 15 is 0 Å². The monoisotopic (exact) mass is 327 g/mol. The Hall–Kier alpha value is -1.33. The van der Waals surface area contributed by atoms with Crippen LogP contribution in [0.4, 0.5) is 0 Å². The van der Waals surface area contributed by atoms with Gasteiger partial charge in [0, 0.05) is 27.5 Å². The molecule has 0 aliphatic rings. The van der Waals surface area contributed by atoms with E-state index in [1.807, 2.05) is 6.07 Å². The summed E-state index contributed by atoms with van der Waals surface area (Å²) in [4.78, 5) is 15.5. The lowest BCUT2D eigenvalue weighted by molar-refractivity contribution is -0.120. The molecule has 0 spiro atoms. The fourth-order valence-electron chi connectivity index (χ4n) is 1.67. The Morgan fingerprint density at radius 1 is 1.50 bits per heavy atom. The van der Waals surface area contributed by atoms with E-state index in [0.29, 0.717) is 10.8 Å². The van der Waals surface area contributed by atoms with Gasteiger partial charge < -0.3 is 10.3 Å².